The zero-order chi connectivity index (χ0) is 17.0. The Labute approximate surface area is 146 Å². The van der Waals surface area contributed by atoms with Gasteiger partial charge in [0.2, 0.25) is 5.95 Å². The molecule has 0 aromatic carbocycles. The van der Waals surface area contributed by atoms with Crippen molar-refractivity contribution in [2.24, 2.45) is 18.9 Å². The van der Waals surface area contributed by atoms with E-state index in [1.807, 2.05) is 25.2 Å². The topological polar surface area (TPSA) is 75.5 Å². The van der Waals surface area contributed by atoms with Crippen LogP contribution in [0.5, 0.6) is 0 Å². The van der Waals surface area contributed by atoms with Crippen LogP contribution in [0.1, 0.15) is 19.3 Å². The van der Waals surface area contributed by atoms with E-state index in [9.17, 15) is 0 Å². The molecule has 25 heavy (non-hydrogen) atoms. The van der Waals surface area contributed by atoms with E-state index in [4.69, 9.17) is 0 Å². The van der Waals surface area contributed by atoms with E-state index in [-0.39, 0.29) is 0 Å². The van der Waals surface area contributed by atoms with Crippen molar-refractivity contribution in [1.29, 1.82) is 0 Å². The molecular weight excluding hydrogens is 314 g/mol. The summed E-state index contributed by atoms with van der Waals surface area (Å²) in [6.45, 7) is 0. The number of nitrogens with one attached hydrogen (secondary N) is 1. The van der Waals surface area contributed by atoms with Gasteiger partial charge in [-0.05, 0) is 42.9 Å². The lowest BCUT2D eigenvalue weighted by Gasteiger charge is -2.19. The summed E-state index contributed by atoms with van der Waals surface area (Å²) < 4.78 is 2.05. The highest BCUT2D eigenvalue weighted by atomic mass is 15.4. The SMILES string of the molecule is CN(c1nnc(-c2cc(-c3ccncc3)n[nH]2)n1C)C1C2CCCC21. The highest BCUT2D eigenvalue weighted by molar-refractivity contribution is 5.65. The molecule has 2 saturated carbocycles. The van der Waals surface area contributed by atoms with E-state index in [0.29, 0.717) is 6.04 Å². The standard InChI is InChI=1S/C18H21N7/c1-24(16-12-4-3-5-13(12)16)18-23-22-17(25(18)2)15-10-14(20-21-15)11-6-8-19-9-7-11/h6-10,12-13,16H,3-5H2,1-2H3,(H,20,21). The van der Waals surface area contributed by atoms with E-state index in [0.717, 1.165) is 40.6 Å². The summed E-state index contributed by atoms with van der Waals surface area (Å²) in [6, 6.07) is 6.54. The van der Waals surface area contributed by atoms with Gasteiger partial charge in [-0.25, -0.2) is 0 Å². The molecule has 128 valence electrons. The van der Waals surface area contributed by atoms with Crippen molar-refractivity contribution in [3.63, 3.8) is 0 Å². The van der Waals surface area contributed by atoms with Crippen LogP contribution in [-0.4, -0.2) is 43.0 Å². The van der Waals surface area contributed by atoms with Gasteiger partial charge in [-0.2, -0.15) is 5.10 Å². The third-order valence-electron chi connectivity index (χ3n) is 5.77. The van der Waals surface area contributed by atoms with Crippen molar-refractivity contribution in [3.8, 4) is 22.8 Å². The molecule has 1 N–H and O–H groups in total. The Morgan fingerprint density at radius 1 is 1.16 bits per heavy atom. The molecule has 0 spiro atoms. The molecule has 0 radical (unpaired) electrons. The maximum atomic E-state index is 4.44. The number of nitrogens with zero attached hydrogens (tertiary/aromatic N) is 6. The first kappa shape index (κ1) is 14.6. The molecule has 0 saturated heterocycles. The minimum atomic E-state index is 0.638. The predicted octanol–water partition coefficient (Wildman–Crippen LogP) is 2.50. The van der Waals surface area contributed by atoms with Crippen LogP contribution in [-0.2, 0) is 7.05 Å². The van der Waals surface area contributed by atoms with Crippen LogP contribution in [0.25, 0.3) is 22.8 Å². The van der Waals surface area contributed by atoms with Gasteiger partial charge < -0.3 is 4.90 Å². The van der Waals surface area contributed by atoms with Crippen molar-refractivity contribution in [2.75, 3.05) is 11.9 Å². The monoisotopic (exact) mass is 335 g/mol. The molecule has 5 rings (SSSR count). The maximum Gasteiger partial charge on any atom is 0.227 e. The van der Waals surface area contributed by atoms with Gasteiger partial charge in [0.1, 0.15) is 5.69 Å². The fourth-order valence-corrected chi connectivity index (χ4v) is 4.46. The van der Waals surface area contributed by atoms with Gasteiger partial charge in [-0.1, -0.05) is 6.42 Å². The zero-order valence-corrected chi connectivity index (χ0v) is 14.4. The average molecular weight is 335 g/mol. The van der Waals surface area contributed by atoms with Crippen LogP contribution in [0, 0.1) is 11.8 Å². The molecule has 2 aliphatic rings. The van der Waals surface area contributed by atoms with Crippen molar-refractivity contribution >= 4 is 5.95 Å². The quantitative estimate of drug-likeness (QED) is 0.793. The molecule has 2 aliphatic carbocycles. The maximum absolute atomic E-state index is 4.44. The second kappa shape index (κ2) is 5.40. The highest BCUT2D eigenvalue weighted by Crippen LogP contribution is 2.55. The Balaban J connectivity index is 1.42. The van der Waals surface area contributed by atoms with Gasteiger partial charge in [0, 0.05) is 38.1 Å². The van der Waals surface area contributed by atoms with Crippen LogP contribution in [0.4, 0.5) is 5.95 Å². The Hall–Kier alpha value is -2.70. The molecule has 3 aromatic heterocycles. The number of fused-ring (bicyclic) bond motifs is 1. The summed E-state index contributed by atoms with van der Waals surface area (Å²) in [6.07, 6.45) is 7.65. The molecule has 2 fully saturated rings. The molecule has 7 heteroatoms. The Morgan fingerprint density at radius 3 is 2.68 bits per heavy atom. The van der Waals surface area contributed by atoms with Gasteiger partial charge in [-0.3, -0.25) is 14.6 Å². The molecule has 2 atom stereocenters. The second-order valence-electron chi connectivity index (χ2n) is 7.15. The van der Waals surface area contributed by atoms with Crippen LogP contribution in [0.2, 0.25) is 0 Å². The molecular formula is C18H21N7. The van der Waals surface area contributed by atoms with E-state index in [2.05, 4.69) is 41.9 Å². The third kappa shape index (κ3) is 2.26. The van der Waals surface area contributed by atoms with Gasteiger partial charge in [0.25, 0.3) is 0 Å². The van der Waals surface area contributed by atoms with E-state index < -0.39 is 0 Å². The van der Waals surface area contributed by atoms with Crippen molar-refractivity contribution in [1.82, 2.24) is 29.9 Å². The fraction of sp³-hybridized carbons (Fsp3) is 0.444. The van der Waals surface area contributed by atoms with E-state index >= 15 is 0 Å². The van der Waals surface area contributed by atoms with Crippen molar-refractivity contribution in [2.45, 2.75) is 25.3 Å². The normalized spacial score (nSPS) is 24.3. The van der Waals surface area contributed by atoms with Crippen molar-refractivity contribution in [3.05, 3.63) is 30.6 Å². The minimum absolute atomic E-state index is 0.638. The lowest BCUT2D eigenvalue weighted by molar-refractivity contribution is 0.634. The molecule has 7 nitrogen and oxygen atoms in total. The number of pyridine rings is 1. The van der Waals surface area contributed by atoms with Crippen LogP contribution in [0.15, 0.2) is 30.6 Å². The fourth-order valence-electron chi connectivity index (χ4n) is 4.46. The molecule has 0 bridgehead atoms. The van der Waals surface area contributed by atoms with Crippen molar-refractivity contribution < 1.29 is 0 Å². The summed E-state index contributed by atoms with van der Waals surface area (Å²) in [5.74, 6) is 3.45. The summed E-state index contributed by atoms with van der Waals surface area (Å²) >= 11 is 0. The first-order valence-corrected chi connectivity index (χ1v) is 8.82. The number of anilines is 1. The number of hydrogen-bond donors (Lipinski definition) is 1. The third-order valence-corrected chi connectivity index (χ3v) is 5.77. The first-order valence-electron chi connectivity index (χ1n) is 8.82. The molecule has 2 unspecified atom stereocenters. The van der Waals surface area contributed by atoms with Crippen LogP contribution in [0.3, 0.4) is 0 Å². The lowest BCUT2D eigenvalue weighted by Crippen LogP contribution is -2.26. The number of H-pyrrole nitrogens is 1. The summed E-state index contributed by atoms with van der Waals surface area (Å²) in [7, 11) is 4.17. The van der Waals surface area contributed by atoms with Crippen LogP contribution >= 0.6 is 0 Å². The minimum Gasteiger partial charge on any atom is -0.340 e. The number of aromatic amines is 1. The first-order chi connectivity index (χ1) is 12.2. The average Bonchev–Trinajstić information content (AvgIpc) is 3.08. The Bertz CT molecular complexity index is 887. The smallest absolute Gasteiger partial charge is 0.227 e. The summed E-state index contributed by atoms with van der Waals surface area (Å²) in [5, 5.41) is 16.3. The summed E-state index contributed by atoms with van der Waals surface area (Å²) in [5.41, 5.74) is 2.78. The lowest BCUT2D eigenvalue weighted by atomic mass is 10.2. The van der Waals surface area contributed by atoms with Gasteiger partial charge >= 0.3 is 0 Å². The Kier molecular flexibility index (Phi) is 3.16. The highest BCUT2D eigenvalue weighted by Gasteiger charge is 2.55. The van der Waals surface area contributed by atoms with Gasteiger partial charge in [-0.15, -0.1) is 10.2 Å². The van der Waals surface area contributed by atoms with E-state index in [1.54, 1.807) is 12.4 Å². The largest absolute Gasteiger partial charge is 0.340 e. The predicted molar refractivity (Wildman–Crippen MR) is 94.8 cm³/mol. The van der Waals surface area contributed by atoms with Gasteiger partial charge in [0.15, 0.2) is 5.82 Å². The molecule has 0 aliphatic heterocycles. The second-order valence-corrected chi connectivity index (χ2v) is 7.15. The number of aromatic nitrogens is 6. The summed E-state index contributed by atoms with van der Waals surface area (Å²) in [4.78, 5) is 6.36. The number of hydrogen-bond acceptors (Lipinski definition) is 5. The van der Waals surface area contributed by atoms with Gasteiger partial charge in [0.05, 0.1) is 5.69 Å². The molecule has 0 amide bonds. The molecule has 3 heterocycles. The molecule has 3 aromatic rings. The van der Waals surface area contributed by atoms with Crippen LogP contribution < -0.4 is 4.90 Å². The number of rotatable bonds is 4. The Morgan fingerprint density at radius 2 is 1.92 bits per heavy atom. The zero-order valence-electron chi connectivity index (χ0n) is 14.4. The van der Waals surface area contributed by atoms with E-state index in [1.165, 1.54) is 19.3 Å².